The van der Waals surface area contributed by atoms with Gasteiger partial charge in [0.15, 0.2) is 11.4 Å². The van der Waals surface area contributed by atoms with E-state index in [0.29, 0.717) is 13.1 Å². The van der Waals surface area contributed by atoms with Gasteiger partial charge in [0.2, 0.25) is 5.91 Å². The number of hydrogen-bond acceptors (Lipinski definition) is 4. The molecule has 2 rings (SSSR count). The van der Waals surface area contributed by atoms with E-state index in [0.717, 1.165) is 17.2 Å². The smallest absolute Gasteiger partial charge is 0.351 e. The molecule has 0 unspecified atom stereocenters. The predicted molar refractivity (Wildman–Crippen MR) is 91.1 cm³/mol. The van der Waals surface area contributed by atoms with E-state index in [1.54, 1.807) is 0 Å². The number of nitrogens with one attached hydrogen (secondary N) is 2. The Morgan fingerprint density at radius 2 is 1.93 bits per heavy atom. The zero-order valence-electron chi connectivity index (χ0n) is 15.2. The van der Waals surface area contributed by atoms with E-state index < -0.39 is 30.2 Å². The Labute approximate surface area is 153 Å². The second-order valence-electron chi connectivity index (χ2n) is 5.88. The Morgan fingerprint density at radius 3 is 2.48 bits per heavy atom. The van der Waals surface area contributed by atoms with Gasteiger partial charge in [-0.1, -0.05) is 6.92 Å². The highest BCUT2D eigenvalue weighted by Gasteiger charge is 2.34. The first-order valence-electron chi connectivity index (χ1n) is 8.42. The molecular formula is C16H21F3N6O2. The van der Waals surface area contributed by atoms with E-state index in [1.165, 1.54) is 17.8 Å². The molecule has 27 heavy (non-hydrogen) atoms. The van der Waals surface area contributed by atoms with E-state index >= 15 is 0 Å². The first kappa shape index (κ1) is 20.5. The minimum Gasteiger partial charge on any atom is -0.351 e. The van der Waals surface area contributed by atoms with Crippen molar-refractivity contribution in [1.82, 2.24) is 24.9 Å². The average Bonchev–Trinajstić information content (AvgIpc) is 3.16. The third-order valence-electron chi connectivity index (χ3n) is 3.68. The summed E-state index contributed by atoms with van der Waals surface area (Å²) in [6, 6.07) is 0.867. The normalized spacial score (nSPS) is 11.5. The molecule has 0 fully saturated rings. The van der Waals surface area contributed by atoms with Crippen molar-refractivity contribution in [3.05, 3.63) is 29.3 Å². The van der Waals surface area contributed by atoms with Crippen molar-refractivity contribution in [3.63, 3.8) is 0 Å². The van der Waals surface area contributed by atoms with Crippen LogP contribution in [0.15, 0.2) is 12.3 Å². The summed E-state index contributed by atoms with van der Waals surface area (Å²) >= 11 is 0. The van der Waals surface area contributed by atoms with Gasteiger partial charge in [-0.2, -0.15) is 23.4 Å². The van der Waals surface area contributed by atoms with Gasteiger partial charge in [0, 0.05) is 25.0 Å². The number of hydrogen-bond donors (Lipinski definition) is 2. The van der Waals surface area contributed by atoms with E-state index in [9.17, 15) is 22.8 Å². The summed E-state index contributed by atoms with van der Waals surface area (Å²) in [5.74, 6) is -1.05. The van der Waals surface area contributed by atoms with E-state index in [1.807, 2.05) is 13.8 Å². The van der Waals surface area contributed by atoms with Gasteiger partial charge in [-0.05, 0) is 26.3 Å². The lowest BCUT2D eigenvalue weighted by molar-refractivity contribution is -0.141. The highest BCUT2D eigenvalue weighted by molar-refractivity contribution is 6.02. The van der Waals surface area contributed by atoms with Crippen LogP contribution in [0.25, 0.3) is 0 Å². The lowest BCUT2D eigenvalue weighted by Gasteiger charge is -2.07. The molecule has 2 aromatic rings. The fourth-order valence-electron chi connectivity index (χ4n) is 2.30. The van der Waals surface area contributed by atoms with Crippen LogP contribution < -0.4 is 10.6 Å². The lowest BCUT2D eigenvalue weighted by Crippen LogP contribution is -2.27. The molecule has 0 radical (unpaired) electrons. The topological polar surface area (TPSA) is 93.8 Å². The van der Waals surface area contributed by atoms with Gasteiger partial charge in [0.05, 0.1) is 5.69 Å². The van der Waals surface area contributed by atoms with Gasteiger partial charge in [-0.25, -0.2) is 0 Å². The molecule has 148 valence electrons. The third-order valence-corrected chi connectivity index (χ3v) is 3.68. The van der Waals surface area contributed by atoms with Crippen LogP contribution in [-0.2, 0) is 24.1 Å². The number of alkyl halides is 3. The summed E-state index contributed by atoms with van der Waals surface area (Å²) in [7, 11) is 0. The van der Waals surface area contributed by atoms with Crippen LogP contribution in [0, 0.1) is 6.92 Å². The molecule has 0 aromatic carbocycles. The number of nitrogens with zero attached hydrogens (tertiary/aromatic N) is 4. The molecule has 0 saturated heterocycles. The standard InChI is InChI=1S/C16H21F3N6O2/c1-4-6-20-15(27)14-11(8-24(5-2)23-14)21-13(26)9-25-10(3)7-12(22-25)16(17,18)19/h7-8H,4-6,9H2,1-3H3,(H,20,27)(H,21,26). The molecular weight excluding hydrogens is 365 g/mol. The van der Waals surface area contributed by atoms with Crippen LogP contribution in [0.2, 0.25) is 0 Å². The van der Waals surface area contributed by atoms with Crippen LogP contribution in [0.1, 0.15) is 42.1 Å². The lowest BCUT2D eigenvalue weighted by atomic mass is 10.3. The number of carbonyl (C=O) groups is 2. The van der Waals surface area contributed by atoms with Gasteiger partial charge in [0.1, 0.15) is 6.54 Å². The number of halogens is 3. The maximum atomic E-state index is 12.7. The molecule has 0 spiro atoms. The van der Waals surface area contributed by atoms with Crippen molar-refractivity contribution in [3.8, 4) is 0 Å². The average molecular weight is 386 g/mol. The maximum Gasteiger partial charge on any atom is 0.435 e. The highest BCUT2D eigenvalue weighted by Crippen LogP contribution is 2.28. The summed E-state index contributed by atoms with van der Waals surface area (Å²) in [6.45, 7) is 5.66. The summed E-state index contributed by atoms with van der Waals surface area (Å²) in [5.41, 5.74) is -0.628. The van der Waals surface area contributed by atoms with Gasteiger partial charge in [-0.3, -0.25) is 19.0 Å². The summed E-state index contributed by atoms with van der Waals surface area (Å²) in [6.07, 6.45) is -2.35. The van der Waals surface area contributed by atoms with E-state index in [2.05, 4.69) is 20.8 Å². The molecule has 0 atom stereocenters. The molecule has 2 amide bonds. The SMILES string of the molecule is CCCNC(=O)c1nn(CC)cc1NC(=O)Cn1nc(C(F)(F)F)cc1C. The first-order valence-corrected chi connectivity index (χ1v) is 8.42. The molecule has 0 bridgehead atoms. The van der Waals surface area contributed by atoms with Gasteiger partial charge >= 0.3 is 6.18 Å². The van der Waals surface area contributed by atoms with Crippen LogP contribution >= 0.6 is 0 Å². The Kier molecular flexibility index (Phi) is 6.24. The fraction of sp³-hybridized carbons (Fsp3) is 0.500. The van der Waals surface area contributed by atoms with Gasteiger partial charge < -0.3 is 10.6 Å². The molecule has 8 nitrogen and oxygen atoms in total. The predicted octanol–water partition coefficient (Wildman–Crippen LogP) is 2.21. The van der Waals surface area contributed by atoms with Crippen molar-refractivity contribution in [2.45, 2.75) is 46.5 Å². The molecule has 2 heterocycles. The van der Waals surface area contributed by atoms with Gasteiger partial charge in [-0.15, -0.1) is 0 Å². The van der Waals surface area contributed by atoms with Crippen LogP contribution in [-0.4, -0.2) is 37.9 Å². The minimum atomic E-state index is -4.58. The zero-order valence-corrected chi connectivity index (χ0v) is 15.2. The first-order chi connectivity index (χ1) is 12.7. The maximum absolute atomic E-state index is 12.7. The Morgan fingerprint density at radius 1 is 1.22 bits per heavy atom. The molecule has 2 N–H and O–H groups in total. The van der Waals surface area contributed by atoms with E-state index in [-0.39, 0.29) is 17.1 Å². The molecule has 0 aliphatic carbocycles. The van der Waals surface area contributed by atoms with Crippen molar-refractivity contribution in [2.75, 3.05) is 11.9 Å². The van der Waals surface area contributed by atoms with Crippen molar-refractivity contribution >= 4 is 17.5 Å². The number of aromatic nitrogens is 4. The second kappa shape index (κ2) is 8.23. The van der Waals surface area contributed by atoms with E-state index in [4.69, 9.17) is 0 Å². The Balaban J connectivity index is 2.15. The third kappa shape index (κ3) is 5.08. The molecule has 0 saturated carbocycles. The largest absolute Gasteiger partial charge is 0.435 e. The molecule has 2 aromatic heterocycles. The highest BCUT2D eigenvalue weighted by atomic mass is 19.4. The molecule has 0 aliphatic rings. The summed E-state index contributed by atoms with van der Waals surface area (Å²) in [5, 5.41) is 12.7. The second-order valence-corrected chi connectivity index (χ2v) is 5.88. The number of carbonyl (C=O) groups excluding carboxylic acids is 2. The van der Waals surface area contributed by atoms with Crippen LogP contribution in [0.3, 0.4) is 0 Å². The zero-order chi connectivity index (χ0) is 20.2. The van der Waals surface area contributed by atoms with Gasteiger partial charge in [0.25, 0.3) is 5.91 Å². The number of aryl methyl sites for hydroxylation is 2. The minimum absolute atomic E-state index is 0.0480. The summed E-state index contributed by atoms with van der Waals surface area (Å²) in [4.78, 5) is 24.4. The number of rotatable bonds is 7. The monoisotopic (exact) mass is 386 g/mol. The van der Waals surface area contributed by atoms with Crippen molar-refractivity contribution < 1.29 is 22.8 Å². The Hall–Kier alpha value is -2.85. The molecule has 0 aliphatic heterocycles. The van der Waals surface area contributed by atoms with Crippen LogP contribution in [0.5, 0.6) is 0 Å². The van der Waals surface area contributed by atoms with Crippen molar-refractivity contribution in [2.24, 2.45) is 0 Å². The number of anilines is 1. The number of amides is 2. The fourth-order valence-corrected chi connectivity index (χ4v) is 2.30. The molecule has 11 heteroatoms. The Bertz CT molecular complexity index is 825. The summed E-state index contributed by atoms with van der Waals surface area (Å²) < 4.78 is 40.6. The quantitative estimate of drug-likeness (QED) is 0.763. The van der Waals surface area contributed by atoms with Crippen LogP contribution in [0.4, 0.5) is 18.9 Å². The van der Waals surface area contributed by atoms with Crippen molar-refractivity contribution in [1.29, 1.82) is 0 Å².